The van der Waals surface area contributed by atoms with Crippen molar-refractivity contribution in [1.82, 2.24) is 9.55 Å². The first-order valence-electron chi connectivity index (χ1n) is 5.93. The third-order valence-electron chi connectivity index (χ3n) is 3.17. The molecule has 0 atom stereocenters. The van der Waals surface area contributed by atoms with E-state index in [1.165, 1.54) is 10.8 Å². The molecular formula is C14H11N3O2. The maximum atomic E-state index is 11.6. The number of fused-ring (bicyclic) bond motifs is 1. The Hall–Kier alpha value is -2.61. The van der Waals surface area contributed by atoms with E-state index in [9.17, 15) is 4.79 Å². The minimum atomic E-state index is -0.370. The van der Waals surface area contributed by atoms with Gasteiger partial charge in [0, 0.05) is 25.2 Å². The van der Waals surface area contributed by atoms with Crippen molar-refractivity contribution in [3.8, 4) is 23.1 Å². The van der Waals surface area contributed by atoms with Gasteiger partial charge < -0.3 is 9.30 Å². The minimum absolute atomic E-state index is 0.370. The lowest BCUT2D eigenvalue weighted by atomic mass is 10.0. The van der Waals surface area contributed by atoms with Gasteiger partial charge >= 0.3 is 5.69 Å². The van der Waals surface area contributed by atoms with E-state index in [1.807, 2.05) is 18.2 Å². The quantitative estimate of drug-likeness (QED) is 0.767. The molecule has 0 bridgehead atoms. The molecule has 19 heavy (non-hydrogen) atoms. The van der Waals surface area contributed by atoms with Crippen LogP contribution in [0.5, 0.6) is 5.75 Å². The summed E-state index contributed by atoms with van der Waals surface area (Å²) in [4.78, 5) is 15.6. The number of benzene rings is 1. The SMILES string of the molecule is Cn1cc(C#N)c(-c2ccc3c(c2)CCO3)nc1=O. The van der Waals surface area contributed by atoms with Crippen molar-refractivity contribution in [2.24, 2.45) is 7.05 Å². The first-order chi connectivity index (χ1) is 9.19. The van der Waals surface area contributed by atoms with Crippen molar-refractivity contribution in [2.45, 2.75) is 6.42 Å². The summed E-state index contributed by atoms with van der Waals surface area (Å²) in [6.07, 6.45) is 2.35. The van der Waals surface area contributed by atoms with Crippen LogP contribution in [0.25, 0.3) is 11.3 Å². The van der Waals surface area contributed by atoms with Crippen LogP contribution >= 0.6 is 0 Å². The van der Waals surface area contributed by atoms with Gasteiger partial charge in [-0.15, -0.1) is 0 Å². The van der Waals surface area contributed by atoms with Crippen molar-refractivity contribution in [3.63, 3.8) is 0 Å². The highest BCUT2D eigenvalue weighted by Gasteiger charge is 2.15. The molecule has 0 saturated carbocycles. The van der Waals surface area contributed by atoms with Gasteiger partial charge in [0.25, 0.3) is 0 Å². The number of hydrogen-bond acceptors (Lipinski definition) is 4. The fourth-order valence-electron chi connectivity index (χ4n) is 2.18. The van der Waals surface area contributed by atoms with Crippen LogP contribution in [0.3, 0.4) is 0 Å². The highest BCUT2D eigenvalue weighted by Crippen LogP contribution is 2.30. The van der Waals surface area contributed by atoms with Crippen molar-refractivity contribution in [1.29, 1.82) is 5.26 Å². The second kappa shape index (κ2) is 4.25. The van der Waals surface area contributed by atoms with Crippen LogP contribution in [0.4, 0.5) is 0 Å². The number of ether oxygens (including phenoxy) is 1. The summed E-state index contributed by atoms with van der Waals surface area (Å²) in [5.41, 5.74) is 2.31. The van der Waals surface area contributed by atoms with Gasteiger partial charge in [-0.25, -0.2) is 4.79 Å². The van der Waals surface area contributed by atoms with Crippen LogP contribution in [-0.2, 0) is 13.5 Å². The van der Waals surface area contributed by atoms with Gasteiger partial charge in [-0.1, -0.05) is 0 Å². The van der Waals surface area contributed by atoms with E-state index in [0.29, 0.717) is 17.9 Å². The zero-order valence-corrected chi connectivity index (χ0v) is 10.4. The van der Waals surface area contributed by atoms with Gasteiger partial charge in [-0.3, -0.25) is 0 Å². The van der Waals surface area contributed by atoms with E-state index in [1.54, 1.807) is 7.05 Å². The first kappa shape index (κ1) is 11.5. The summed E-state index contributed by atoms with van der Waals surface area (Å²) in [5, 5.41) is 9.16. The second-order valence-electron chi connectivity index (χ2n) is 4.43. The average Bonchev–Trinajstić information content (AvgIpc) is 2.88. The van der Waals surface area contributed by atoms with Crippen molar-refractivity contribution in [2.75, 3.05) is 6.61 Å². The predicted molar refractivity (Wildman–Crippen MR) is 68.8 cm³/mol. The Morgan fingerprint density at radius 3 is 3.11 bits per heavy atom. The molecule has 2 aromatic rings. The molecule has 0 saturated heterocycles. The predicted octanol–water partition coefficient (Wildman–Crippen LogP) is 1.25. The summed E-state index contributed by atoms with van der Waals surface area (Å²) in [6.45, 7) is 0.674. The Morgan fingerprint density at radius 1 is 1.47 bits per heavy atom. The van der Waals surface area contributed by atoms with Crippen LogP contribution < -0.4 is 10.4 Å². The van der Waals surface area contributed by atoms with Gasteiger partial charge in [0.1, 0.15) is 11.8 Å². The Morgan fingerprint density at radius 2 is 2.32 bits per heavy atom. The number of nitriles is 1. The molecule has 1 aromatic heterocycles. The molecule has 0 aliphatic carbocycles. The molecular weight excluding hydrogens is 242 g/mol. The summed E-state index contributed by atoms with van der Waals surface area (Å²) in [6, 6.07) is 7.70. The molecule has 0 fully saturated rings. The minimum Gasteiger partial charge on any atom is -0.493 e. The third kappa shape index (κ3) is 1.87. The molecule has 0 unspecified atom stereocenters. The van der Waals surface area contributed by atoms with Gasteiger partial charge in [0.2, 0.25) is 0 Å². The lowest BCUT2D eigenvalue weighted by Crippen LogP contribution is -2.20. The third-order valence-corrected chi connectivity index (χ3v) is 3.17. The highest BCUT2D eigenvalue weighted by atomic mass is 16.5. The molecule has 1 aromatic carbocycles. The lowest BCUT2D eigenvalue weighted by Gasteiger charge is -2.06. The summed E-state index contributed by atoms with van der Waals surface area (Å²) < 4.78 is 6.74. The zero-order valence-electron chi connectivity index (χ0n) is 10.4. The molecule has 1 aliphatic heterocycles. The fraction of sp³-hybridized carbons (Fsp3) is 0.214. The molecule has 0 N–H and O–H groups in total. The molecule has 2 heterocycles. The van der Waals surface area contributed by atoms with Gasteiger partial charge in [-0.05, 0) is 23.8 Å². The largest absolute Gasteiger partial charge is 0.493 e. The summed E-state index contributed by atoms with van der Waals surface area (Å²) >= 11 is 0. The maximum Gasteiger partial charge on any atom is 0.347 e. The van der Waals surface area contributed by atoms with Gasteiger partial charge in [-0.2, -0.15) is 10.2 Å². The molecule has 1 aliphatic rings. The van der Waals surface area contributed by atoms with Gasteiger partial charge in [0.15, 0.2) is 0 Å². The fourth-order valence-corrected chi connectivity index (χ4v) is 2.18. The van der Waals surface area contributed by atoms with Gasteiger partial charge in [0.05, 0.1) is 17.9 Å². The van der Waals surface area contributed by atoms with E-state index < -0.39 is 0 Å². The monoisotopic (exact) mass is 253 g/mol. The van der Waals surface area contributed by atoms with E-state index in [-0.39, 0.29) is 5.69 Å². The lowest BCUT2D eigenvalue weighted by molar-refractivity contribution is 0.357. The highest BCUT2D eigenvalue weighted by molar-refractivity contribution is 5.68. The Labute approximate surface area is 109 Å². The number of nitrogens with zero attached hydrogens (tertiary/aromatic N) is 3. The normalized spacial score (nSPS) is 12.6. The Kier molecular flexibility index (Phi) is 2.57. The standard InChI is InChI=1S/C14H11N3O2/c1-17-8-11(7-15)13(16-14(17)18)10-2-3-12-9(6-10)4-5-19-12/h2-3,6,8H,4-5H2,1H3. The van der Waals surface area contributed by atoms with Crippen LogP contribution in [0, 0.1) is 11.3 Å². The van der Waals surface area contributed by atoms with Crippen molar-refractivity contribution < 1.29 is 4.74 Å². The van der Waals surface area contributed by atoms with Crippen LogP contribution in [0.1, 0.15) is 11.1 Å². The maximum absolute atomic E-state index is 11.6. The number of rotatable bonds is 1. The number of hydrogen-bond donors (Lipinski definition) is 0. The smallest absolute Gasteiger partial charge is 0.347 e. The van der Waals surface area contributed by atoms with E-state index in [0.717, 1.165) is 23.3 Å². The average molecular weight is 253 g/mol. The van der Waals surface area contributed by atoms with E-state index >= 15 is 0 Å². The topological polar surface area (TPSA) is 67.9 Å². The van der Waals surface area contributed by atoms with Crippen LogP contribution in [0.2, 0.25) is 0 Å². The first-order valence-corrected chi connectivity index (χ1v) is 5.93. The van der Waals surface area contributed by atoms with Crippen LogP contribution in [0.15, 0.2) is 29.2 Å². The molecule has 3 rings (SSSR count). The second-order valence-corrected chi connectivity index (χ2v) is 4.43. The Balaban J connectivity index is 2.20. The Bertz CT molecular complexity index is 756. The van der Waals surface area contributed by atoms with Crippen LogP contribution in [-0.4, -0.2) is 16.2 Å². The van der Waals surface area contributed by atoms with Crippen molar-refractivity contribution in [3.05, 3.63) is 46.0 Å². The molecule has 0 spiro atoms. The molecule has 0 radical (unpaired) electrons. The molecule has 5 heteroatoms. The molecule has 5 nitrogen and oxygen atoms in total. The van der Waals surface area contributed by atoms with E-state index in [4.69, 9.17) is 10.00 Å². The summed E-state index contributed by atoms with van der Waals surface area (Å²) in [5.74, 6) is 0.867. The molecule has 94 valence electrons. The number of aryl methyl sites for hydroxylation is 1. The van der Waals surface area contributed by atoms with E-state index in [2.05, 4.69) is 11.1 Å². The molecule has 0 amide bonds. The zero-order chi connectivity index (χ0) is 13.4. The van der Waals surface area contributed by atoms with Crippen molar-refractivity contribution >= 4 is 0 Å². The number of aromatic nitrogens is 2. The summed E-state index contributed by atoms with van der Waals surface area (Å²) in [7, 11) is 1.58.